The van der Waals surface area contributed by atoms with E-state index in [-0.39, 0.29) is 34.4 Å². The Hall–Kier alpha value is -3.81. The van der Waals surface area contributed by atoms with Crippen molar-refractivity contribution in [1.29, 1.82) is 0 Å². The Bertz CT molecular complexity index is 936. The van der Waals surface area contributed by atoms with Gasteiger partial charge in [-0.05, 0) is 44.5 Å². The van der Waals surface area contributed by atoms with E-state index in [4.69, 9.17) is 4.74 Å². The van der Waals surface area contributed by atoms with Crippen LogP contribution < -0.4 is 0 Å². The quantitative estimate of drug-likeness (QED) is 0.226. The van der Waals surface area contributed by atoms with Crippen LogP contribution in [0.15, 0.2) is 54.7 Å². The van der Waals surface area contributed by atoms with E-state index in [9.17, 15) is 24.0 Å². The van der Waals surface area contributed by atoms with E-state index >= 15 is 0 Å². The molecule has 0 aromatic heterocycles. The average Bonchev–Trinajstić information content (AvgIpc) is 2.64. The summed E-state index contributed by atoms with van der Waals surface area (Å²) in [7, 11) is 0. The number of benzene rings is 1. The monoisotopic (exact) mass is 400 g/mol. The van der Waals surface area contributed by atoms with Crippen molar-refractivity contribution < 1.29 is 38.2 Å². The van der Waals surface area contributed by atoms with Gasteiger partial charge in [0.2, 0.25) is 0 Å². The van der Waals surface area contributed by atoms with Crippen LogP contribution in [-0.2, 0) is 23.8 Å². The Morgan fingerprint density at radius 1 is 0.759 bits per heavy atom. The van der Waals surface area contributed by atoms with Gasteiger partial charge in [-0.2, -0.15) is 0 Å². The molecule has 0 saturated carbocycles. The Kier molecular flexibility index (Phi) is 7.96. The Balaban J connectivity index is 3.30. The molecule has 152 valence electrons. The van der Waals surface area contributed by atoms with E-state index in [1.807, 2.05) is 0 Å². The molecule has 0 fully saturated rings. The van der Waals surface area contributed by atoms with Crippen LogP contribution >= 0.6 is 0 Å². The summed E-state index contributed by atoms with van der Waals surface area (Å²) in [6.07, 6.45) is 0. The molecule has 0 aliphatic heterocycles. The standard InChI is InChI=1S/C21H20O8/c1-11(2)10-27-20(25)16-9-14(19(24)28-17(22)12(3)4)7-8-15(16)21(26)29-18(23)13(5)6/h7-9H,1,3,5,10H2,2,4,6H3. The summed E-state index contributed by atoms with van der Waals surface area (Å²) in [6.45, 7) is 14.5. The molecule has 0 unspecified atom stereocenters. The van der Waals surface area contributed by atoms with Crippen LogP contribution in [-0.4, -0.2) is 36.5 Å². The fourth-order valence-electron chi connectivity index (χ4n) is 1.74. The molecule has 0 N–H and O–H groups in total. The van der Waals surface area contributed by atoms with Crippen LogP contribution in [0, 0.1) is 0 Å². The molecule has 0 aliphatic carbocycles. The first-order valence-corrected chi connectivity index (χ1v) is 8.23. The second kappa shape index (κ2) is 9.93. The summed E-state index contributed by atoms with van der Waals surface area (Å²) in [5.74, 6) is -5.10. The lowest BCUT2D eigenvalue weighted by Gasteiger charge is -2.11. The van der Waals surface area contributed by atoms with Gasteiger partial charge in [0.05, 0.1) is 16.7 Å². The van der Waals surface area contributed by atoms with Crippen LogP contribution in [0.25, 0.3) is 0 Å². The number of rotatable bonds is 7. The second-order valence-electron chi connectivity index (χ2n) is 6.21. The minimum absolute atomic E-state index is 0.00190. The van der Waals surface area contributed by atoms with Crippen LogP contribution in [0.3, 0.4) is 0 Å². The van der Waals surface area contributed by atoms with E-state index in [1.54, 1.807) is 6.92 Å². The minimum atomic E-state index is -1.14. The van der Waals surface area contributed by atoms with Gasteiger partial charge in [0.15, 0.2) is 0 Å². The van der Waals surface area contributed by atoms with Crippen molar-refractivity contribution in [2.24, 2.45) is 0 Å². The first-order chi connectivity index (χ1) is 13.4. The summed E-state index contributed by atoms with van der Waals surface area (Å²) < 4.78 is 14.2. The topological polar surface area (TPSA) is 113 Å². The minimum Gasteiger partial charge on any atom is -0.458 e. The summed E-state index contributed by atoms with van der Waals surface area (Å²) in [6, 6.07) is 3.20. The first-order valence-electron chi connectivity index (χ1n) is 8.23. The van der Waals surface area contributed by atoms with Crippen LogP contribution in [0.4, 0.5) is 0 Å². The number of hydrogen-bond donors (Lipinski definition) is 0. The van der Waals surface area contributed by atoms with Gasteiger partial charge in [0.25, 0.3) is 0 Å². The van der Waals surface area contributed by atoms with Crippen LogP contribution in [0.2, 0.25) is 0 Å². The molecule has 0 radical (unpaired) electrons. The number of carbonyl (C=O) groups is 5. The van der Waals surface area contributed by atoms with Crippen molar-refractivity contribution in [3.05, 3.63) is 71.3 Å². The largest absolute Gasteiger partial charge is 0.458 e. The van der Waals surface area contributed by atoms with Gasteiger partial charge in [-0.25, -0.2) is 24.0 Å². The Labute approximate surface area is 167 Å². The first kappa shape index (κ1) is 23.2. The number of hydrogen-bond acceptors (Lipinski definition) is 8. The molecular formula is C21H20O8. The van der Waals surface area contributed by atoms with E-state index in [1.165, 1.54) is 13.8 Å². The third-order valence-electron chi connectivity index (χ3n) is 3.21. The van der Waals surface area contributed by atoms with Gasteiger partial charge in [0, 0.05) is 11.1 Å². The molecule has 1 aromatic rings. The zero-order valence-electron chi connectivity index (χ0n) is 16.3. The third-order valence-corrected chi connectivity index (χ3v) is 3.21. The van der Waals surface area contributed by atoms with E-state index in [2.05, 4.69) is 29.2 Å². The fourth-order valence-corrected chi connectivity index (χ4v) is 1.74. The van der Waals surface area contributed by atoms with Crippen LogP contribution in [0.1, 0.15) is 51.8 Å². The molecule has 0 atom stereocenters. The fraction of sp³-hybridized carbons (Fsp3) is 0.190. The Morgan fingerprint density at radius 3 is 1.76 bits per heavy atom. The van der Waals surface area contributed by atoms with Crippen LogP contribution in [0.5, 0.6) is 0 Å². The molecule has 0 spiro atoms. The molecule has 1 aromatic carbocycles. The number of esters is 5. The molecule has 29 heavy (non-hydrogen) atoms. The Morgan fingerprint density at radius 2 is 1.28 bits per heavy atom. The molecule has 0 amide bonds. The van der Waals surface area contributed by atoms with Crippen molar-refractivity contribution in [2.75, 3.05) is 6.61 Å². The van der Waals surface area contributed by atoms with Crippen molar-refractivity contribution in [3.8, 4) is 0 Å². The van der Waals surface area contributed by atoms with Gasteiger partial charge in [-0.1, -0.05) is 19.7 Å². The van der Waals surface area contributed by atoms with E-state index in [0.29, 0.717) is 5.57 Å². The number of carbonyl (C=O) groups excluding carboxylic acids is 5. The zero-order valence-corrected chi connectivity index (χ0v) is 16.3. The van der Waals surface area contributed by atoms with Gasteiger partial charge >= 0.3 is 29.8 Å². The lowest BCUT2D eigenvalue weighted by molar-refractivity contribution is -0.134. The second-order valence-corrected chi connectivity index (χ2v) is 6.21. The maximum atomic E-state index is 12.4. The molecule has 1 rings (SSSR count). The molecule has 0 heterocycles. The van der Waals surface area contributed by atoms with Gasteiger partial charge in [-0.3, -0.25) is 0 Å². The van der Waals surface area contributed by atoms with Gasteiger partial charge in [0.1, 0.15) is 6.61 Å². The molecular weight excluding hydrogens is 380 g/mol. The summed E-state index contributed by atoms with van der Waals surface area (Å²) in [5, 5.41) is 0. The molecule has 8 nitrogen and oxygen atoms in total. The average molecular weight is 400 g/mol. The van der Waals surface area contributed by atoms with E-state index < -0.39 is 29.8 Å². The van der Waals surface area contributed by atoms with Crippen molar-refractivity contribution in [2.45, 2.75) is 20.8 Å². The number of ether oxygens (including phenoxy) is 3. The molecule has 0 saturated heterocycles. The highest BCUT2D eigenvalue weighted by molar-refractivity contribution is 6.09. The highest BCUT2D eigenvalue weighted by Crippen LogP contribution is 2.17. The predicted octanol–water partition coefficient (Wildman–Crippen LogP) is 2.94. The smallest absolute Gasteiger partial charge is 0.346 e. The van der Waals surface area contributed by atoms with Crippen molar-refractivity contribution in [1.82, 2.24) is 0 Å². The van der Waals surface area contributed by atoms with Crippen molar-refractivity contribution in [3.63, 3.8) is 0 Å². The maximum absolute atomic E-state index is 12.4. The lowest BCUT2D eigenvalue weighted by atomic mass is 10.0. The van der Waals surface area contributed by atoms with Gasteiger partial charge in [-0.15, -0.1) is 0 Å². The lowest BCUT2D eigenvalue weighted by Crippen LogP contribution is -2.19. The summed E-state index contributed by atoms with van der Waals surface area (Å²) >= 11 is 0. The predicted molar refractivity (Wildman–Crippen MR) is 102 cm³/mol. The van der Waals surface area contributed by atoms with E-state index in [0.717, 1.165) is 18.2 Å². The zero-order chi connectivity index (χ0) is 22.3. The highest BCUT2D eigenvalue weighted by atomic mass is 16.6. The SMILES string of the molecule is C=C(C)COC(=O)c1cc(C(=O)OC(=O)C(=C)C)ccc1C(=O)OC(=O)C(=C)C. The summed E-state index contributed by atoms with van der Waals surface area (Å²) in [4.78, 5) is 59.9. The summed E-state index contributed by atoms with van der Waals surface area (Å²) in [5.41, 5.74) is -0.384. The maximum Gasteiger partial charge on any atom is 0.346 e. The molecule has 0 bridgehead atoms. The normalized spacial score (nSPS) is 9.76. The third kappa shape index (κ3) is 6.69. The molecule has 0 aliphatic rings. The van der Waals surface area contributed by atoms with Gasteiger partial charge < -0.3 is 14.2 Å². The van der Waals surface area contributed by atoms with Crippen molar-refractivity contribution >= 4 is 29.8 Å². The molecule has 8 heteroatoms. The highest BCUT2D eigenvalue weighted by Gasteiger charge is 2.25.